The Morgan fingerprint density at radius 1 is 0.907 bits per heavy atom. The summed E-state index contributed by atoms with van der Waals surface area (Å²) in [5.74, 6) is 1.57. The zero-order valence-corrected chi connectivity index (χ0v) is 25.5. The minimum atomic E-state index is -0.145. The van der Waals surface area contributed by atoms with Crippen molar-refractivity contribution < 1.29 is 14.3 Å². The molecule has 0 bridgehead atoms. The summed E-state index contributed by atoms with van der Waals surface area (Å²) in [7, 11) is 0. The van der Waals surface area contributed by atoms with E-state index in [-0.39, 0.29) is 24.5 Å². The Hall–Kier alpha value is -3.84. The molecule has 1 aliphatic carbocycles. The van der Waals surface area contributed by atoms with Crippen molar-refractivity contribution in [1.29, 1.82) is 0 Å². The largest absolute Gasteiger partial charge is 0.484 e. The van der Waals surface area contributed by atoms with Crippen molar-refractivity contribution in [2.24, 2.45) is 0 Å². The van der Waals surface area contributed by atoms with Gasteiger partial charge in [0.05, 0.1) is 11.0 Å². The molecule has 5 rings (SSSR count). The Kier molecular flexibility index (Phi) is 11.1. The second kappa shape index (κ2) is 15.6. The summed E-state index contributed by atoms with van der Waals surface area (Å²) in [6.07, 6.45) is 9.25. The lowest BCUT2D eigenvalue weighted by molar-refractivity contribution is -0.135. The van der Waals surface area contributed by atoms with Gasteiger partial charge in [-0.25, -0.2) is 4.98 Å². The Bertz CT molecular complexity index is 1470. The third kappa shape index (κ3) is 8.83. The van der Waals surface area contributed by atoms with Gasteiger partial charge in [0.2, 0.25) is 5.91 Å². The van der Waals surface area contributed by atoms with Crippen LogP contribution in [-0.4, -0.2) is 45.5 Å². The average Bonchev–Trinajstić information content (AvgIpc) is 3.38. The first-order valence-corrected chi connectivity index (χ1v) is 15.9. The van der Waals surface area contributed by atoms with E-state index in [0.717, 1.165) is 55.4 Å². The monoisotopic (exact) mass is 600 g/mol. The van der Waals surface area contributed by atoms with Crippen molar-refractivity contribution in [2.45, 2.75) is 76.9 Å². The number of aryl methyl sites for hydroxylation is 1. The molecule has 0 saturated heterocycles. The standard InChI is InChI=1S/C35H41ClN4O3/c36-28-19-21-30(22-20-28)43-26-34(41)37-23-11-3-8-18-33-38-31-16-9-10-17-32(31)40(33)25-35(42)39(29-14-6-2-7-15-29)24-27-12-4-1-5-13-27/h1,4-5,9-10,12-13,16-17,19-22,29H,2-3,6-8,11,14-15,18,23-26H2,(H,37,41). The van der Waals surface area contributed by atoms with Gasteiger partial charge in [0.15, 0.2) is 6.61 Å². The molecule has 43 heavy (non-hydrogen) atoms. The Labute approximate surface area is 259 Å². The maximum Gasteiger partial charge on any atom is 0.257 e. The SMILES string of the molecule is O=C(COc1ccc(Cl)cc1)NCCCCCc1nc2ccccc2n1CC(=O)N(Cc1ccccc1)C1CCCCC1. The summed E-state index contributed by atoms with van der Waals surface area (Å²) in [6.45, 7) is 1.50. The van der Waals surface area contributed by atoms with Crippen LogP contribution in [0.1, 0.15) is 62.8 Å². The lowest BCUT2D eigenvalue weighted by Gasteiger charge is -2.35. The van der Waals surface area contributed by atoms with Crippen molar-refractivity contribution in [2.75, 3.05) is 13.2 Å². The Morgan fingerprint density at radius 3 is 2.44 bits per heavy atom. The van der Waals surface area contributed by atoms with E-state index in [1.165, 1.54) is 24.8 Å². The number of halogens is 1. The van der Waals surface area contributed by atoms with Crippen LogP contribution < -0.4 is 10.1 Å². The molecule has 1 aliphatic rings. The molecule has 1 N–H and O–H groups in total. The second-order valence-corrected chi connectivity index (χ2v) is 11.7. The Balaban J connectivity index is 1.15. The molecule has 2 amide bonds. The van der Waals surface area contributed by atoms with Gasteiger partial charge < -0.3 is 19.5 Å². The molecule has 0 radical (unpaired) electrons. The van der Waals surface area contributed by atoms with Crippen LogP contribution in [0.25, 0.3) is 11.0 Å². The lowest BCUT2D eigenvalue weighted by atomic mass is 9.93. The fourth-order valence-electron chi connectivity index (χ4n) is 5.86. The van der Waals surface area contributed by atoms with Gasteiger partial charge in [-0.05, 0) is 67.6 Å². The van der Waals surface area contributed by atoms with Gasteiger partial charge in [0.1, 0.15) is 18.1 Å². The number of carbonyl (C=O) groups is 2. The number of fused-ring (bicyclic) bond motifs is 1. The van der Waals surface area contributed by atoms with Crippen LogP contribution >= 0.6 is 11.6 Å². The summed E-state index contributed by atoms with van der Waals surface area (Å²) in [6, 6.07) is 25.6. The van der Waals surface area contributed by atoms with Crippen LogP contribution in [0.3, 0.4) is 0 Å². The fraction of sp³-hybridized carbons (Fsp3) is 0.400. The van der Waals surface area contributed by atoms with E-state index in [1.807, 2.05) is 36.4 Å². The zero-order valence-electron chi connectivity index (χ0n) is 24.7. The number of imidazole rings is 1. The molecule has 226 valence electrons. The highest BCUT2D eigenvalue weighted by Crippen LogP contribution is 2.26. The van der Waals surface area contributed by atoms with Gasteiger partial charge in [0.25, 0.3) is 5.91 Å². The highest BCUT2D eigenvalue weighted by Gasteiger charge is 2.27. The van der Waals surface area contributed by atoms with Crippen LogP contribution in [0, 0.1) is 0 Å². The van der Waals surface area contributed by atoms with Gasteiger partial charge in [-0.15, -0.1) is 0 Å². The van der Waals surface area contributed by atoms with Gasteiger partial charge >= 0.3 is 0 Å². The van der Waals surface area contributed by atoms with Crippen LogP contribution in [0.5, 0.6) is 5.75 Å². The van der Waals surface area contributed by atoms with E-state index in [0.29, 0.717) is 30.4 Å². The molecule has 1 heterocycles. The predicted molar refractivity (Wildman–Crippen MR) is 171 cm³/mol. The third-order valence-electron chi connectivity index (χ3n) is 8.14. The van der Waals surface area contributed by atoms with Gasteiger partial charge in [-0.2, -0.15) is 0 Å². The van der Waals surface area contributed by atoms with Crippen LogP contribution in [0.2, 0.25) is 5.02 Å². The third-order valence-corrected chi connectivity index (χ3v) is 8.39. The topological polar surface area (TPSA) is 76.5 Å². The number of benzene rings is 3. The van der Waals surface area contributed by atoms with E-state index in [2.05, 4.69) is 33.0 Å². The molecule has 1 fully saturated rings. The first kappa shape index (κ1) is 30.6. The number of nitrogens with one attached hydrogen (secondary N) is 1. The van der Waals surface area contributed by atoms with E-state index in [4.69, 9.17) is 21.3 Å². The number of amides is 2. The first-order valence-electron chi connectivity index (χ1n) is 15.5. The Morgan fingerprint density at radius 2 is 1.65 bits per heavy atom. The summed E-state index contributed by atoms with van der Waals surface area (Å²) in [4.78, 5) is 33.2. The summed E-state index contributed by atoms with van der Waals surface area (Å²) in [5, 5.41) is 3.55. The van der Waals surface area contributed by atoms with E-state index < -0.39 is 0 Å². The number of nitrogens with zero attached hydrogens (tertiary/aromatic N) is 3. The zero-order chi connectivity index (χ0) is 29.9. The quantitative estimate of drug-likeness (QED) is 0.159. The molecule has 4 aromatic rings. The number of hydrogen-bond acceptors (Lipinski definition) is 4. The minimum absolute atomic E-state index is 0.0260. The number of hydrogen-bond donors (Lipinski definition) is 1. The molecule has 1 saturated carbocycles. The first-order chi connectivity index (χ1) is 21.1. The van der Waals surface area contributed by atoms with Crippen molar-refractivity contribution >= 4 is 34.4 Å². The van der Waals surface area contributed by atoms with Crippen LogP contribution in [-0.2, 0) is 29.1 Å². The van der Waals surface area contributed by atoms with E-state index >= 15 is 0 Å². The molecule has 8 heteroatoms. The number of rotatable bonds is 14. The average molecular weight is 601 g/mol. The number of aromatic nitrogens is 2. The van der Waals surface area contributed by atoms with Crippen LogP contribution in [0.15, 0.2) is 78.9 Å². The van der Waals surface area contributed by atoms with Gasteiger partial charge in [-0.1, -0.05) is 79.7 Å². The molecule has 0 unspecified atom stereocenters. The molecular weight excluding hydrogens is 560 g/mol. The molecule has 3 aromatic carbocycles. The van der Waals surface area contributed by atoms with E-state index in [1.54, 1.807) is 24.3 Å². The van der Waals surface area contributed by atoms with Crippen molar-refractivity contribution in [3.8, 4) is 5.75 Å². The number of unbranched alkanes of at least 4 members (excludes halogenated alkanes) is 2. The maximum absolute atomic E-state index is 14.0. The molecule has 1 aromatic heterocycles. The number of para-hydroxylation sites is 2. The minimum Gasteiger partial charge on any atom is -0.484 e. The fourth-order valence-corrected chi connectivity index (χ4v) is 5.98. The number of ether oxygens (including phenoxy) is 1. The summed E-state index contributed by atoms with van der Waals surface area (Å²) in [5.41, 5.74) is 3.09. The smallest absolute Gasteiger partial charge is 0.257 e. The molecule has 0 aliphatic heterocycles. The van der Waals surface area contributed by atoms with Crippen molar-refractivity contribution in [1.82, 2.24) is 19.8 Å². The molecule has 0 spiro atoms. The molecule has 7 nitrogen and oxygen atoms in total. The number of carbonyl (C=O) groups excluding carboxylic acids is 2. The molecular formula is C35H41ClN4O3. The maximum atomic E-state index is 14.0. The van der Waals surface area contributed by atoms with Crippen molar-refractivity contribution in [3.63, 3.8) is 0 Å². The molecule has 0 atom stereocenters. The lowest BCUT2D eigenvalue weighted by Crippen LogP contribution is -2.42. The normalized spacial score (nSPS) is 13.6. The highest BCUT2D eigenvalue weighted by molar-refractivity contribution is 6.30. The van der Waals surface area contributed by atoms with Crippen molar-refractivity contribution in [3.05, 3.63) is 95.3 Å². The summed E-state index contributed by atoms with van der Waals surface area (Å²) >= 11 is 5.89. The van der Waals surface area contributed by atoms with Gasteiger partial charge in [-0.3, -0.25) is 9.59 Å². The predicted octanol–water partition coefficient (Wildman–Crippen LogP) is 6.96. The second-order valence-electron chi connectivity index (χ2n) is 11.3. The van der Waals surface area contributed by atoms with Crippen LogP contribution in [0.4, 0.5) is 0 Å². The summed E-state index contributed by atoms with van der Waals surface area (Å²) < 4.78 is 7.63. The highest BCUT2D eigenvalue weighted by atomic mass is 35.5. The van der Waals surface area contributed by atoms with E-state index in [9.17, 15) is 9.59 Å². The van der Waals surface area contributed by atoms with Gasteiger partial charge in [0, 0.05) is 30.6 Å².